The van der Waals surface area contributed by atoms with E-state index in [9.17, 15) is 9.59 Å². The van der Waals surface area contributed by atoms with Gasteiger partial charge in [0, 0.05) is 37.6 Å². The highest BCUT2D eigenvalue weighted by Crippen LogP contribution is 2.34. The van der Waals surface area contributed by atoms with Crippen molar-refractivity contribution in [1.82, 2.24) is 14.7 Å². The Hall–Kier alpha value is -1.66. The van der Waals surface area contributed by atoms with Gasteiger partial charge in [0.25, 0.3) is 11.8 Å². The number of hydrogen-bond acceptors (Lipinski definition) is 5. The third-order valence-electron chi connectivity index (χ3n) is 4.36. The summed E-state index contributed by atoms with van der Waals surface area (Å²) in [6.07, 6.45) is 0. The second kappa shape index (κ2) is 6.22. The molecular formula is C16H21N3O2S. The van der Waals surface area contributed by atoms with Crippen molar-refractivity contribution in [2.45, 2.75) is 13.8 Å². The van der Waals surface area contributed by atoms with Crippen molar-refractivity contribution >= 4 is 28.7 Å². The van der Waals surface area contributed by atoms with Gasteiger partial charge in [-0.2, -0.15) is 0 Å². The van der Waals surface area contributed by atoms with E-state index < -0.39 is 0 Å². The van der Waals surface area contributed by atoms with Crippen molar-refractivity contribution in [3.63, 3.8) is 0 Å². The standard InChI is InChI=1S/C16H21N3O2S/c1-3-17-7-9-18(10-8-17)14-13(12-6-5-11-22-12)15(20)19(4-2)16(14)21/h5-6,11H,3-4,7-10H2,1-2H3. The lowest BCUT2D eigenvalue weighted by Crippen LogP contribution is -2.47. The fourth-order valence-corrected chi connectivity index (χ4v) is 3.84. The van der Waals surface area contributed by atoms with Crippen LogP contribution in [0.2, 0.25) is 0 Å². The zero-order chi connectivity index (χ0) is 15.7. The van der Waals surface area contributed by atoms with Crippen LogP contribution in [0.4, 0.5) is 0 Å². The van der Waals surface area contributed by atoms with Crippen molar-refractivity contribution in [2.75, 3.05) is 39.3 Å². The first kappa shape index (κ1) is 15.2. The number of carbonyl (C=O) groups is 2. The highest BCUT2D eigenvalue weighted by atomic mass is 32.1. The number of rotatable bonds is 4. The van der Waals surface area contributed by atoms with Crippen LogP contribution in [0.15, 0.2) is 23.2 Å². The Balaban J connectivity index is 1.96. The molecule has 0 aliphatic carbocycles. The predicted octanol–water partition coefficient (Wildman–Crippen LogP) is 1.49. The van der Waals surface area contributed by atoms with Gasteiger partial charge in [0.2, 0.25) is 0 Å². The lowest BCUT2D eigenvalue weighted by atomic mass is 10.1. The minimum atomic E-state index is -0.150. The molecule has 3 heterocycles. The molecule has 2 aliphatic heterocycles. The molecule has 0 N–H and O–H groups in total. The summed E-state index contributed by atoms with van der Waals surface area (Å²) < 4.78 is 0. The first-order chi connectivity index (χ1) is 10.7. The van der Waals surface area contributed by atoms with Crippen LogP contribution in [0.1, 0.15) is 18.7 Å². The monoisotopic (exact) mass is 319 g/mol. The number of thiophene rings is 1. The minimum Gasteiger partial charge on any atom is -0.364 e. The molecule has 0 aromatic carbocycles. The van der Waals surface area contributed by atoms with Gasteiger partial charge in [-0.3, -0.25) is 14.5 Å². The number of nitrogens with zero attached hydrogens (tertiary/aromatic N) is 3. The van der Waals surface area contributed by atoms with E-state index in [1.807, 2.05) is 24.4 Å². The third-order valence-corrected chi connectivity index (χ3v) is 5.25. The van der Waals surface area contributed by atoms with Crippen molar-refractivity contribution in [3.05, 3.63) is 28.1 Å². The predicted molar refractivity (Wildman–Crippen MR) is 87.3 cm³/mol. The van der Waals surface area contributed by atoms with Gasteiger partial charge in [-0.05, 0) is 24.9 Å². The average Bonchev–Trinajstić information content (AvgIpc) is 3.14. The van der Waals surface area contributed by atoms with Crippen LogP contribution in [0.25, 0.3) is 5.57 Å². The molecule has 0 saturated carbocycles. The van der Waals surface area contributed by atoms with Crippen molar-refractivity contribution in [2.24, 2.45) is 0 Å². The van der Waals surface area contributed by atoms with Crippen LogP contribution in [0, 0.1) is 0 Å². The maximum atomic E-state index is 12.7. The lowest BCUT2D eigenvalue weighted by Gasteiger charge is -2.35. The minimum absolute atomic E-state index is 0.138. The number of amides is 2. The second-order valence-corrected chi connectivity index (χ2v) is 6.42. The summed E-state index contributed by atoms with van der Waals surface area (Å²) in [5.41, 5.74) is 1.19. The van der Waals surface area contributed by atoms with Gasteiger partial charge in [-0.1, -0.05) is 13.0 Å². The van der Waals surface area contributed by atoms with E-state index in [1.54, 1.807) is 0 Å². The Labute approximate surface area is 134 Å². The largest absolute Gasteiger partial charge is 0.364 e. The number of imide groups is 1. The van der Waals surface area contributed by atoms with Crippen molar-refractivity contribution in [3.8, 4) is 0 Å². The van der Waals surface area contributed by atoms with Crippen molar-refractivity contribution in [1.29, 1.82) is 0 Å². The molecule has 22 heavy (non-hydrogen) atoms. The van der Waals surface area contributed by atoms with E-state index in [0.717, 1.165) is 37.6 Å². The molecule has 0 spiro atoms. The summed E-state index contributed by atoms with van der Waals surface area (Å²) >= 11 is 1.52. The van der Waals surface area contributed by atoms with Crippen molar-refractivity contribution < 1.29 is 9.59 Å². The molecule has 3 rings (SSSR count). The number of carbonyl (C=O) groups excluding carboxylic acids is 2. The van der Waals surface area contributed by atoms with Gasteiger partial charge in [-0.25, -0.2) is 0 Å². The SMILES string of the molecule is CCN1CCN(C2=C(c3cccs3)C(=O)N(CC)C2=O)CC1. The van der Waals surface area contributed by atoms with Crippen LogP contribution in [-0.4, -0.2) is 65.8 Å². The van der Waals surface area contributed by atoms with E-state index in [1.165, 1.54) is 16.2 Å². The molecule has 5 nitrogen and oxygen atoms in total. The van der Waals surface area contributed by atoms with Crippen LogP contribution in [0.3, 0.4) is 0 Å². The van der Waals surface area contributed by atoms with E-state index in [0.29, 0.717) is 17.8 Å². The van der Waals surface area contributed by atoms with E-state index in [-0.39, 0.29) is 11.8 Å². The first-order valence-electron chi connectivity index (χ1n) is 7.79. The molecular weight excluding hydrogens is 298 g/mol. The van der Waals surface area contributed by atoms with Crippen LogP contribution in [0.5, 0.6) is 0 Å². The Morgan fingerprint density at radius 1 is 1.05 bits per heavy atom. The zero-order valence-electron chi connectivity index (χ0n) is 13.0. The molecule has 1 aromatic rings. The molecule has 0 radical (unpaired) electrons. The summed E-state index contributed by atoms with van der Waals surface area (Å²) in [4.78, 5) is 32.0. The fraction of sp³-hybridized carbons (Fsp3) is 0.500. The normalized spacial score (nSPS) is 20.5. The lowest BCUT2D eigenvalue weighted by molar-refractivity contribution is -0.137. The molecule has 0 unspecified atom stereocenters. The van der Waals surface area contributed by atoms with Crippen LogP contribution >= 0.6 is 11.3 Å². The fourth-order valence-electron chi connectivity index (χ4n) is 3.07. The van der Waals surface area contributed by atoms with Crippen LogP contribution in [-0.2, 0) is 9.59 Å². The Morgan fingerprint density at radius 2 is 1.77 bits per heavy atom. The average molecular weight is 319 g/mol. The summed E-state index contributed by atoms with van der Waals surface area (Å²) in [7, 11) is 0. The molecule has 1 fully saturated rings. The zero-order valence-corrected chi connectivity index (χ0v) is 13.9. The highest BCUT2D eigenvalue weighted by molar-refractivity contribution is 7.11. The Bertz CT molecular complexity index is 601. The molecule has 118 valence electrons. The summed E-state index contributed by atoms with van der Waals surface area (Å²) in [5.74, 6) is -0.288. The smallest absolute Gasteiger partial charge is 0.277 e. The van der Waals surface area contributed by atoms with Gasteiger partial charge in [-0.15, -0.1) is 11.3 Å². The second-order valence-electron chi connectivity index (χ2n) is 5.48. The van der Waals surface area contributed by atoms with Gasteiger partial charge in [0.1, 0.15) is 5.70 Å². The summed E-state index contributed by atoms with van der Waals surface area (Å²) in [6.45, 7) is 8.92. The maximum Gasteiger partial charge on any atom is 0.277 e. The molecule has 2 aliphatic rings. The quantitative estimate of drug-likeness (QED) is 0.789. The van der Waals surface area contributed by atoms with E-state index in [2.05, 4.69) is 16.7 Å². The summed E-state index contributed by atoms with van der Waals surface area (Å²) in [6, 6.07) is 3.85. The van der Waals surface area contributed by atoms with E-state index >= 15 is 0 Å². The number of hydrogen-bond donors (Lipinski definition) is 0. The van der Waals surface area contributed by atoms with Gasteiger partial charge >= 0.3 is 0 Å². The Morgan fingerprint density at radius 3 is 2.32 bits per heavy atom. The molecule has 6 heteroatoms. The molecule has 2 amide bonds. The van der Waals surface area contributed by atoms with Crippen LogP contribution < -0.4 is 0 Å². The maximum absolute atomic E-state index is 12.7. The van der Waals surface area contributed by atoms with Gasteiger partial charge in [0.15, 0.2) is 0 Å². The number of likely N-dealkylation sites (N-methyl/N-ethyl adjacent to an activating group) is 2. The number of piperazine rings is 1. The molecule has 1 saturated heterocycles. The third kappa shape index (κ3) is 2.46. The van der Waals surface area contributed by atoms with E-state index in [4.69, 9.17) is 0 Å². The summed E-state index contributed by atoms with van der Waals surface area (Å²) in [5, 5.41) is 1.95. The highest BCUT2D eigenvalue weighted by Gasteiger charge is 2.41. The first-order valence-corrected chi connectivity index (χ1v) is 8.67. The molecule has 1 aromatic heterocycles. The topological polar surface area (TPSA) is 43.9 Å². The van der Waals surface area contributed by atoms with Gasteiger partial charge < -0.3 is 9.80 Å². The Kier molecular flexibility index (Phi) is 4.31. The molecule has 0 atom stereocenters. The van der Waals surface area contributed by atoms with Gasteiger partial charge in [0.05, 0.1) is 5.57 Å². The molecule has 0 bridgehead atoms.